The van der Waals surface area contributed by atoms with Crippen LogP contribution in [0.2, 0.25) is 0 Å². The molecule has 2 aromatic rings. The number of halogens is 1. The first-order valence-electron chi connectivity index (χ1n) is 7.83. The number of ether oxygens (including phenoxy) is 1. The summed E-state index contributed by atoms with van der Waals surface area (Å²) in [5, 5.41) is 0. The maximum atomic E-state index is 13.8. The van der Waals surface area contributed by atoms with Gasteiger partial charge in [-0.05, 0) is 18.2 Å². The Kier molecular flexibility index (Phi) is 3.65. The summed E-state index contributed by atoms with van der Waals surface area (Å²) in [4.78, 5) is 24.4. The lowest BCUT2D eigenvalue weighted by molar-refractivity contribution is 0.0680. The van der Waals surface area contributed by atoms with Gasteiger partial charge in [-0.25, -0.2) is 9.37 Å². The number of likely N-dealkylation sites (N-methyl/N-ethyl adjacent to an activating group) is 1. The second-order valence-electron chi connectivity index (χ2n) is 6.16. The highest BCUT2D eigenvalue weighted by Crippen LogP contribution is 2.29. The molecule has 1 saturated heterocycles. The van der Waals surface area contributed by atoms with Crippen molar-refractivity contribution in [2.24, 2.45) is 0 Å². The molecule has 2 aliphatic rings. The van der Waals surface area contributed by atoms with Gasteiger partial charge in [0.2, 0.25) is 5.88 Å². The standard InChI is InChI=1S/C17H17FN4O2/c1-21-14-9-22(8-11-4-6-19-7-13(11)18)10-15(14)24-16-12(17(21)23)3-2-5-20-16/h2-7,14-15H,8-10H2,1H3/t14-,15+/m1/s1. The van der Waals surface area contributed by atoms with Gasteiger partial charge in [-0.2, -0.15) is 0 Å². The quantitative estimate of drug-likeness (QED) is 0.832. The van der Waals surface area contributed by atoms with Gasteiger partial charge >= 0.3 is 0 Å². The van der Waals surface area contributed by atoms with Gasteiger partial charge in [-0.3, -0.25) is 14.7 Å². The molecule has 0 bridgehead atoms. The van der Waals surface area contributed by atoms with Gasteiger partial charge in [0, 0.05) is 44.6 Å². The minimum absolute atomic E-state index is 0.0865. The third-order valence-electron chi connectivity index (χ3n) is 4.65. The molecule has 6 nitrogen and oxygen atoms in total. The Hall–Kier alpha value is -2.54. The van der Waals surface area contributed by atoms with E-state index < -0.39 is 0 Å². The van der Waals surface area contributed by atoms with E-state index in [2.05, 4.69) is 14.9 Å². The summed E-state index contributed by atoms with van der Waals surface area (Å²) < 4.78 is 19.8. The van der Waals surface area contributed by atoms with Gasteiger partial charge in [-0.15, -0.1) is 0 Å². The number of hydrogen-bond acceptors (Lipinski definition) is 5. The maximum Gasteiger partial charge on any atom is 0.259 e. The van der Waals surface area contributed by atoms with Crippen molar-refractivity contribution in [3.63, 3.8) is 0 Å². The lowest BCUT2D eigenvalue weighted by Gasteiger charge is -2.25. The van der Waals surface area contributed by atoms with Crippen LogP contribution in [-0.2, 0) is 6.54 Å². The Labute approximate surface area is 138 Å². The van der Waals surface area contributed by atoms with E-state index >= 15 is 0 Å². The zero-order chi connectivity index (χ0) is 16.7. The molecule has 0 N–H and O–H groups in total. The number of likely N-dealkylation sites (tertiary alicyclic amines) is 1. The smallest absolute Gasteiger partial charge is 0.259 e. The van der Waals surface area contributed by atoms with Gasteiger partial charge in [0.25, 0.3) is 5.91 Å². The van der Waals surface area contributed by atoms with Crippen molar-refractivity contribution >= 4 is 5.91 Å². The molecule has 0 saturated carbocycles. The fourth-order valence-corrected chi connectivity index (χ4v) is 3.35. The van der Waals surface area contributed by atoms with Crippen LogP contribution < -0.4 is 4.74 Å². The number of nitrogens with zero attached hydrogens (tertiary/aromatic N) is 4. The molecule has 2 aromatic heterocycles. The van der Waals surface area contributed by atoms with Gasteiger partial charge in [0.1, 0.15) is 17.5 Å². The molecule has 0 radical (unpaired) electrons. The third-order valence-corrected chi connectivity index (χ3v) is 4.65. The van der Waals surface area contributed by atoms with Crippen LogP contribution in [0.3, 0.4) is 0 Å². The largest absolute Gasteiger partial charge is 0.470 e. The van der Waals surface area contributed by atoms with E-state index in [-0.39, 0.29) is 23.9 Å². The number of aromatic nitrogens is 2. The molecule has 0 aromatic carbocycles. The minimum atomic E-state index is -0.318. The molecule has 0 unspecified atom stereocenters. The highest BCUT2D eigenvalue weighted by atomic mass is 19.1. The summed E-state index contributed by atoms with van der Waals surface area (Å²) in [6.45, 7) is 1.70. The van der Waals surface area contributed by atoms with Crippen molar-refractivity contribution in [3.8, 4) is 5.88 Å². The molecule has 0 aliphatic carbocycles. The van der Waals surface area contributed by atoms with Crippen LogP contribution in [0.1, 0.15) is 15.9 Å². The van der Waals surface area contributed by atoms with E-state index in [0.717, 1.165) is 0 Å². The van der Waals surface area contributed by atoms with Crippen molar-refractivity contribution in [1.82, 2.24) is 19.8 Å². The predicted molar refractivity (Wildman–Crippen MR) is 84.0 cm³/mol. The van der Waals surface area contributed by atoms with E-state index in [4.69, 9.17) is 4.74 Å². The van der Waals surface area contributed by atoms with Gasteiger partial charge < -0.3 is 9.64 Å². The molecule has 1 fully saturated rings. The van der Waals surface area contributed by atoms with Crippen molar-refractivity contribution in [3.05, 3.63) is 53.7 Å². The molecule has 4 rings (SSSR count). The predicted octanol–water partition coefficient (Wildman–Crippen LogP) is 1.33. The first-order chi connectivity index (χ1) is 11.6. The zero-order valence-electron chi connectivity index (χ0n) is 13.2. The Morgan fingerprint density at radius 2 is 2.21 bits per heavy atom. The number of hydrogen-bond donors (Lipinski definition) is 0. The number of rotatable bonds is 2. The summed E-state index contributed by atoms with van der Waals surface area (Å²) in [7, 11) is 1.78. The molecule has 2 atom stereocenters. The second kappa shape index (κ2) is 5.83. The van der Waals surface area contributed by atoms with Crippen LogP contribution >= 0.6 is 0 Å². The first kappa shape index (κ1) is 15.0. The molecular weight excluding hydrogens is 311 g/mol. The number of carbonyl (C=O) groups excluding carboxylic acids is 1. The fraction of sp³-hybridized carbons (Fsp3) is 0.353. The first-order valence-corrected chi connectivity index (χ1v) is 7.83. The summed E-state index contributed by atoms with van der Waals surface area (Å²) in [6, 6.07) is 5.05. The molecule has 2 aliphatic heterocycles. The van der Waals surface area contributed by atoms with Crippen LogP contribution in [0.25, 0.3) is 0 Å². The van der Waals surface area contributed by atoms with Crippen LogP contribution in [-0.4, -0.2) is 58.0 Å². The lowest BCUT2D eigenvalue weighted by atomic mass is 10.2. The second-order valence-corrected chi connectivity index (χ2v) is 6.16. The zero-order valence-corrected chi connectivity index (χ0v) is 13.2. The molecule has 24 heavy (non-hydrogen) atoms. The number of amides is 1. The van der Waals surface area contributed by atoms with E-state index in [9.17, 15) is 9.18 Å². The summed E-state index contributed by atoms with van der Waals surface area (Å²) in [5.41, 5.74) is 1.08. The summed E-state index contributed by atoms with van der Waals surface area (Å²) in [5.74, 6) is -0.0386. The summed E-state index contributed by atoms with van der Waals surface area (Å²) >= 11 is 0. The molecule has 4 heterocycles. The Morgan fingerprint density at radius 1 is 1.33 bits per heavy atom. The summed E-state index contributed by atoms with van der Waals surface area (Å²) in [6.07, 6.45) is 4.24. The normalized spacial score (nSPS) is 23.4. The van der Waals surface area contributed by atoms with E-state index in [1.54, 1.807) is 42.5 Å². The topological polar surface area (TPSA) is 58.6 Å². The maximum absolute atomic E-state index is 13.8. The Bertz CT molecular complexity index is 785. The van der Waals surface area contributed by atoms with Crippen LogP contribution in [0.4, 0.5) is 4.39 Å². The molecular formula is C17H17FN4O2. The third kappa shape index (κ3) is 2.50. The SMILES string of the molecule is CN1C(=O)c2cccnc2O[C@H]2CN(Cc3ccncc3F)C[C@H]21. The van der Waals surface area contributed by atoms with E-state index in [1.807, 2.05) is 0 Å². The van der Waals surface area contributed by atoms with Gasteiger partial charge in [0.05, 0.1) is 12.2 Å². The number of fused-ring (bicyclic) bond motifs is 2. The minimum Gasteiger partial charge on any atom is -0.470 e. The molecule has 7 heteroatoms. The Morgan fingerprint density at radius 3 is 3.04 bits per heavy atom. The van der Waals surface area contributed by atoms with Gasteiger partial charge in [0.15, 0.2) is 0 Å². The number of pyridine rings is 2. The van der Waals surface area contributed by atoms with Crippen LogP contribution in [0.15, 0.2) is 36.8 Å². The average molecular weight is 328 g/mol. The molecule has 124 valence electrons. The van der Waals surface area contributed by atoms with E-state index in [0.29, 0.717) is 36.6 Å². The Balaban J connectivity index is 1.57. The number of carbonyl (C=O) groups is 1. The van der Waals surface area contributed by atoms with E-state index in [1.165, 1.54) is 6.20 Å². The van der Waals surface area contributed by atoms with Crippen molar-refractivity contribution in [2.45, 2.75) is 18.7 Å². The van der Waals surface area contributed by atoms with Crippen molar-refractivity contribution < 1.29 is 13.9 Å². The molecule has 0 spiro atoms. The van der Waals surface area contributed by atoms with Crippen molar-refractivity contribution in [2.75, 3.05) is 20.1 Å². The average Bonchev–Trinajstić information content (AvgIpc) is 2.94. The monoisotopic (exact) mass is 328 g/mol. The van der Waals surface area contributed by atoms with Crippen LogP contribution in [0.5, 0.6) is 5.88 Å². The van der Waals surface area contributed by atoms with Crippen molar-refractivity contribution in [1.29, 1.82) is 0 Å². The van der Waals surface area contributed by atoms with Gasteiger partial charge in [-0.1, -0.05) is 0 Å². The highest BCUT2D eigenvalue weighted by Gasteiger charge is 2.42. The lowest BCUT2D eigenvalue weighted by Crippen LogP contribution is -2.44. The van der Waals surface area contributed by atoms with Crippen LogP contribution in [0, 0.1) is 5.82 Å². The molecule has 1 amide bonds. The highest BCUT2D eigenvalue weighted by molar-refractivity contribution is 5.96. The fourth-order valence-electron chi connectivity index (χ4n) is 3.35.